The largest absolute Gasteiger partial charge is 0.414 e. The molecule has 1 aromatic rings. The maximum Gasteiger partial charge on any atom is 0.351 e. The molecule has 0 unspecified atom stereocenters. The molecule has 2 rings (SSSR count). The fraction of sp³-hybridized carbons (Fsp3) is 0.667. The molecule has 1 saturated heterocycles. The normalized spacial score (nSPS) is 23.8. The van der Waals surface area contributed by atoms with Crippen LogP contribution in [0.1, 0.15) is 33.4 Å². The minimum absolute atomic E-state index is 0.0952. The van der Waals surface area contributed by atoms with Gasteiger partial charge in [-0.15, -0.1) is 6.42 Å². The Morgan fingerprint density at radius 3 is 2.77 bits per heavy atom. The van der Waals surface area contributed by atoms with Gasteiger partial charge in [0.25, 0.3) is 0 Å². The van der Waals surface area contributed by atoms with Crippen molar-refractivity contribution in [3.8, 4) is 12.3 Å². The molecule has 8 heteroatoms. The molecule has 2 N–H and O–H groups in total. The Bertz CT molecular complexity index is 720. The van der Waals surface area contributed by atoms with Crippen molar-refractivity contribution in [1.29, 1.82) is 0 Å². The highest BCUT2D eigenvalue weighted by atomic mass is 28.4. The van der Waals surface area contributed by atoms with Crippen molar-refractivity contribution < 1.29 is 13.9 Å². The molecule has 1 aliphatic heterocycles. The van der Waals surface area contributed by atoms with E-state index in [1.165, 1.54) is 4.57 Å². The zero-order valence-corrected chi connectivity index (χ0v) is 17.2. The number of aromatic nitrogens is 2. The first-order valence-corrected chi connectivity index (χ1v) is 11.6. The van der Waals surface area contributed by atoms with Crippen molar-refractivity contribution >= 4 is 14.1 Å². The van der Waals surface area contributed by atoms with Crippen LogP contribution in [0.25, 0.3) is 0 Å². The zero-order chi connectivity index (χ0) is 19.5. The highest BCUT2D eigenvalue weighted by molar-refractivity contribution is 6.74. The highest BCUT2D eigenvalue weighted by Crippen LogP contribution is 2.38. The van der Waals surface area contributed by atoms with Gasteiger partial charge in [0.2, 0.25) is 0 Å². The standard InChI is InChI=1S/C18H29N3O4Si/c1-7-10-23-13-11-16(21-9-8-15(19)20-17(21)22)25-14(13)12-24-26(5,6)18(2,3)4/h1,8-9,13-14,16H,10-12H2,2-6H3,(H2,19,20,22)/t13-,14-,16-/m1/s1. The Labute approximate surface area is 156 Å². The lowest BCUT2D eigenvalue weighted by Gasteiger charge is -2.37. The summed E-state index contributed by atoms with van der Waals surface area (Å²) < 4.78 is 19.5. The lowest BCUT2D eigenvalue weighted by atomic mass is 10.2. The molecular weight excluding hydrogens is 350 g/mol. The van der Waals surface area contributed by atoms with Crippen molar-refractivity contribution in [2.75, 3.05) is 18.9 Å². The number of nitrogen functional groups attached to an aromatic ring is 1. The third-order valence-corrected chi connectivity index (χ3v) is 9.64. The van der Waals surface area contributed by atoms with Crippen molar-refractivity contribution in [1.82, 2.24) is 9.55 Å². The molecule has 1 aliphatic rings. The Kier molecular flexibility index (Phi) is 6.29. The first kappa shape index (κ1) is 20.6. The van der Waals surface area contributed by atoms with Crippen LogP contribution in [-0.4, -0.2) is 43.3 Å². The van der Waals surface area contributed by atoms with Gasteiger partial charge in [-0.05, 0) is 24.2 Å². The molecule has 0 aromatic carbocycles. The van der Waals surface area contributed by atoms with Gasteiger partial charge in [0.1, 0.15) is 24.8 Å². The van der Waals surface area contributed by atoms with Gasteiger partial charge in [-0.25, -0.2) is 4.79 Å². The first-order valence-electron chi connectivity index (χ1n) is 8.74. The lowest BCUT2D eigenvalue weighted by molar-refractivity contribution is -0.0549. The second-order valence-electron chi connectivity index (χ2n) is 8.03. The average Bonchev–Trinajstić information content (AvgIpc) is 2.92. The van der Waals surface area contributed by atoms with Crippen molar-refractivity contribution in [2.45, 2.75) is 63.8 Å². The summed E-state index contributed by atoms with van der Waals surface area (Å²) in [4.78, 5) is 15.9. The van der Waals surface area contributed by atoms with E-state index in [1.54, 1.807) is 12.3 Å². The molecule has 1 fully saturated rings. The van der Waals surface area contributed by atoms with Crippen LogP contribution in [0.5, 0.6) is 0 Å². The highest BCUT2D eigenvalue weighted by Gasteiger charge is 2.42. The number of nitrogens with zero attached hydrogens (tertiary/aromatic N) is 2. The summed E-state index contributed by atoms with van der Waals surface area (Å²) >= 11 is 0. The Morgan fingerprint density at radius 1 is 1.50 bits per heavy atom. The van der Waals surface area contributed by atoms with E-state index in [0.29, 0.717) is 13.0 Å². The molecule has 1 aromatic heterocycles. The van der Waals surface area contributed by atoms with Crippen LogP contribution in [-0.2, 0) is 13.9 Å². The van der Waals surface area contributed by atoms with E-state index in [4.69, 9.17) is 26.1 Å². The molecule has 0 bridgehead atoms. The van der Waals surface area contributed by atoms with Crippen LogP contribution in [0.3, 0.4) is 0 Å². The molecule has 144 valence electrons. The van der Waals surface area contributed by atoms with E-state index in [-0.39, 0.29) is 29.7 Å². The summed E-state index contributed by atoms with van der Waals surface area (Å²) in [6.45, 7) is 11.5. The summed E-state index contributed by atoms with van der Waals surface area (Å²) in [6, 6.07) is 1.57. The van der Waals surface area contributed by atoms with E-state index in [2.05, 4.69) is 44.8 Å². The number of rotatable bonds is 6. The van der Waals surface area contributed by atoms with Crippen LogP contribution in [0.4, 0.5) is 5.82 Å². The molecule has 0 saturated carbocycles. The van der Waals surface area contributed by atoms with Crippen LogP contribution >= 0.6 is 0 Å². The second-order valence-corrected chi connectivity index (χ2v) is 12.8. The van der Waals surface area contributed by atoms with Crippen LogP contribution < -0.4 is 11.4 Å². The van der Waals surface area contributed by atoms with Crippen LogP contribution in [0, 0.1) is 12.3 Å². The number of nitrogens with two attached hydrogens (primary N) is 1. The summed E-state index contributed by atoms with van der Waals surface area (Å²) in [6.07, 6.45) is 6.38. The molecule has 26 heavy (non-hydrogen) atoms. The lowest BCUT2D eigenvalue weighted by Crippen LogP contribution is -2.44. The van der Waals surface area contributed by atoms with Crippen molar-refractivity contribution in [3.63, 3.8) is 0 Å². The van der Waals surface area contributed by atoms with E-state index >= 15 is 0 Å². The minimum Gasteiger partial charge on any atom is -0.414 e. The van der Waals surface area contributed by atoms with E-state index in [1.807, 2.05) is 0 Å². The molecule has 7 nitrogen and oxygen atoms in total. The van der Waals surface area contributed by atoms with Crippen LogP contribution in [0.2, 0.25) is 18.1 Å². The fourth-order valence-electron chi connectivity index (χ4n) is 2.50. The minimum atomic E-state index is -1.93. The third kappa shape index (κ3) is 4.74. The summed E-state index contributed by atoms with van der Waals surface area (Å²) in [5.74, 6) is 2.66. The van der Waals surface area contributed by atoms with E-state index < -0.39 is 20.2 Å². The number of terminal acetylenes is 1. The summed E-state index contributed by atoms with van der Waals surface area (Å²) in [5.41, 5.74) is 5.11. The smallest absolute Gasteiger partial charge is 0.351 e. The monoisotopic (exact) mass is 379 g/mol. The van der Waals surface area contributed by atoms with E-state index in [0.717, 1.165) is 0 Å². The molecule has 3 atom stereocenters. The quantitative estimate of drug-likeness (QED) is 0.602. The Morgan fingerprint density at radius 2 is 2.19 bits per heavy atom. The number of hydrogen-bond acceptors (Lipinski definition) is 6. The average molecular weight is 380 g/mol. The molecule has 0 radical (unpaired) electrons. The maximum absolute atomic E-state index is 12.1. The summed E-state index contributed by atoms with van der Waals surface area (Å²) in [7, 11) is -1.93. The Hall–Kier alpha value is -1.66. The predicted molar refractivity (Wildman–Crippen MR) is 103 cm³/mol. The van der Waals surface area contributed by atoms with Gasteiger partial charge >= 0.3 is 5.69 Å². The van der Waals surface area contributed by atoms with Crippen LogP contribution in [0.15, 0.2) is 17.1 Å². The predicted octanol–water partition coefficient (Wildman–Crippen LogP) is 2.15. The van der Waals surface area contributed by atoms with Gasteiger partial charge < -0.3 is 19.6 Å². The van der Waals surface area contributed by atoms with Gasteiger partial charge in [-0.3, -0.25) is 4.57 Å². The van der Waals surface area contributed by atoms with E-state index in [9.17, 15) is 4.79 Å². The third-order valence-electron chi connectivity index (χ3n) is 5.14. The second kappa shape index (κ2) is 7.92. The van der Waals surface area contributed by atoms with Gasteiger partial charge in [-0.1, -0.05) is 26.7 Å². The van der Waals surface area contributed by atoms with Gasteiger partial charge in [0.15, 0.2) is 8.32 Å². The molecule has 0 aliphatic carbocycles. The number of hydrogen-bond donors (Lipinski definition) is 1. The fourth-order valence-corrected chi connectivity index (χ4v) is 3.52. The Balaban J connectivity index is 2.13. The SMILES string of the molecule is C#CCO[C@@H]1C[C@H](n2ccc(N)nc2=O)O[C@@H]1CO[Si](C)(C)C(C)(C)C. The van der Waals surface area contributed by atoms with Gasteiger partial charge in [0.05, 0.1) is 12.7 Å². The summed E-state index contributed by atoms with van der Waals surface area (Å²) in [5, 5.41) is 0.0952. The first-order chi connectivity index (χ1) is 12.0. The van der Waals surface area contributed by atoms with Crippen molar-refractivity contribution in [2.24, 2.45) is 0 Å². The number of anilines is 1. The molecular formula is C18H29N3O4Si. The molecule has 0 spiro atoms. The maximum atomic E-state index is 12.1. The molecule has 0 amide bonds. The van der Waals surface area contributed by atoms with Gasteiger partial charge in [0, 0.05) is 12.6 Å². The topological polar surface area (TPSA) is 88.6 Å². The zero-order valence-electron chi connectivity index (χ0n) is 16.2. The number of ether oxygens (including phenoxy) is 2. The van der Waals surface area contributed by atoms with Crippen molar-refractivity contribution in [3.05, 3.63) is 22.7 Å². The van der Waals surface area contributed by atoms with Gasteiger partial charge in [-0.2, -0.15) is 4.98 Å². The molecule has 2 heterocycles.